The zero-order chi connectivity index (χ0) is 12.3. The molecule has 1 fully saturated rings. The molecule has 0 heterocycles. The van der Waals surface area contributed by atoms with E-state index in [1.807, 2.05) is 6.07 Å². The summed E-state index contributed by atoms with van der Waals surface area (Å²) in [6.07, 6.45) is 3.02. The van der Waals surface area contributed by atoms with Crippen molar-refractivity contribution in [3.8, 4) is 0 Å². The first-order chi connectivity index (χ1) is 8.20. The number of benzene rings is 1. The number of ketones is 1. The van der Waals surface area contributed by atoms with E-state index in [1.54, 1.807) is 24.3 Å². The van der Waals surface area contributed by atoms with Crippen LogP contribution >= 0.6 is 0 Å². The molecule has 0 bridgehead atoms. The highest BCUT2D eigenvalue weighted by Gasteiger charge is 2.31. The molecule has 90 valence electrons. The molecule has 0 N–H and O–H groups in total. The highest BCUT2D eigenvalue weighted by atomic mass is 16.4. The second-order valence-electron chi connectivity index (χ2n) is 4.55. The van der Waals surface area contributed by atoms with Gasteiger partial charge >= 0.3 is 0 Å². The van der Waals surface area contributed by atoms with Crippen LogP contribution in [0.4, 0.5) is 0 Å². The highest BCUT2D eigenvalue weighted by Crippen LogP contribution is 2.32. The molecule has 0 aliphatic heterocycles. The Morgan fingerprint density at radius 1 is 1.00 bits per heavy atom. The molecule has 2 atom stereocenters. The minimum atomic E-state index is -1.08. The van der Waals surface area contributed by atoms with Crippen molar-refractivity contribution in [3.63, 3.8) is 0 Å². The summed E-state index contributed by atoms with van der Waals surface area (Å²) < 4.78 is 0. The van der Waals surface area contributed by atoms with Crippen LogP contribution in [-0.4, -0.2) is 11.8 Å². The topological polar surface area (TPSA) is 57.2 Å². The van der Waals surface area contributed by atoms with Crippen molar-refractivity contribution in [2.75, 3.05) is 0 Å². The molecule has 0 saturated heterocycles. The lowest BCUT2D eigenvalue weighted by atomic mass is 9.75. The Balaban J connectivity index is 2.20. The lowest BCUT2D eigenvalue weighted by molar-refractivity contribution is -0.313. The maximum Gasteiger partial charge on any atom is 0.166 e. The largest absolute Gasteiger partial charge is 0.550 e. The van der Waals surface area contributed by atoms with Crippen molar-refractivity contribution in [1.82, 2.24) is 0 Å². The number of carboxylic acids is 1. The molecule has 0 amide bonds. The molecule has 0 aromatic heterocycles. The molecule has 1 aliphatic carbocycles. The Labute approximate surface area is 100 Å². The van der Waals surface area contributed by atoms with E-state index in [0.717, 1.165) is 12.8 Å². The number of hydrogen-bond donors (Lipinski definition) is 0. The van der Waals surface area contributed by atoms with E-state index in [0.29, 0.717) is 18.4 Å². The van der Waals surface area contributed by atoms with Gasteiger partial charge in [0.2, 0.25) is 0 Å². The number of carbonyl (C=O) groups excluding carboxylic acids is 2. The van der Waals surface area contributed by atoms with E-state index >= 15 is 0 Å². The standard InChI is InChI=1S/C14H16O3/c15-13(10-6-2-1-3-7-10)11-8-4-5-9-12(11)14(16)17/h1-3,6-7,11-12H,4-5,8-9H2,(H,16,17)/p-1/t11-,12+/m0/s1. The second-order valence-corrected chi connectivity index (χ2v) is 4.55. The highest BCUT2D eigenvalue weighted by molar-refractivity contribution is 5.99. The number of carbonyl (C=O) groups is 2. The van der Waals surface area contributed by atoms with E-state index in [1.165, 1.54) is 0 Å². The van der Waals surface area contributed by atoms with Gasteiger partial charge in [-0.05, 0) is 12.8 Å². The predicted molar refractivity (Wildman–Crippen MR) is 61.2 cm³/mol. The minimum absolute atomic E-state index is 0.0560. The lowest BCUT2D eigenvalue weighted by Gasteiger charge is -2.31. The molecule has 1 saturated carbocycles. The summed E-state index contributed by atoms with van der Waals surface area (Å²) in [7, 11) is 0. The van der Waals surface area contributed by atoms with Gasteiger partial charge in [0.15, 0.2) is 5.78 Å². The van der Waals surface area contributed by atoms with E-state index in [-0.39, 0.29) is 5.78 Å². The molecule has 1 aromatic rings. The summed E-state index contributed by atoms with van der Waals surface area (Å²) in [6, 6.07) is 8.91. The summed E-state index contributed by atoms with van der Waals surface area (Å²) in [5, 5.41) is 11.0. The fourth-order valence-electron chi connectivity index (χ4n) is 2.54. The first-order valence-corrected chi connectivity index (χ1v) is 6.00. The SMILES string of the molecule is O=C(c1ccccc1)[C@H]1CCCC[C@H]1C(=O)[O-]. The molecule has 3 heteroatoms. The van der Waals surface area contributed by atoms with Crippen LogP contribution in [0, 0.1) is 11.8 Å². The van der Waals surface area contributed by atoms with Gasteiger partial charge in [0.25, 0.3) is 0 Å². The predicted octanol–water partition coefficient (Wildman–Crippen LogP) is 1.43. The number of Topliss-reactive ketones (excluding diaryl/α,β-unsaturated/α-hetero) is 1. The van der Waals surface area contributed by atoms with Crippen LogP contribution in [-0.2, 0) is 4.79 Å². The summed E-state index contributed by atoms with van der Waals surface area (Å²) in [6.45, 7) is 0. The molecule has 0 spiro atoms. The van der Waals surface area contributed by atoms with Gasteiger partial charge in [0.1, 0.15) is 0 Å². The quantitative estimate of drug-likeness (QED) is 0.739. The van der Waals surface area contributed by atoms with Crippen LogP contribution in [0.3, 0.4) is 0 Å². The minimum Gasteiger partial charge on any atom is -0.550 e. The molecule has 0 unspecified atom stereocenters. The van der Waals surface area contributed by atoms with Crippen molar-refractivity contribution in [3.05, 3.63) is 35.9 Å². The number of rotatable bonds is 3. The molecule has 2 rings (SSSR count). The third-order valence-corrected chi connectivity index (χ3v) is 3.46. The first kappa shape index (κ1) is 11.8. The van der Waals surface area contributed by atoms with Gasteiger partial charge in [-0.3, -0.25) is 4.79 Å². The van der Waals surface area contributed by atoms with Gasteiger partial charge in [-0.1, -0.05) is 43.2 Å². The van der Waals surface area contributed by atoms with Crippen molar-refractivity contribution < 1.29 is 14.7 Å². The number of aliphatic carboxylic acids is 1. The number of carboxylic acid groups (broad SMARTS) is 1. The maximum atomic E-state index is 12.2. The maximum absolute atomic E-state index is 12.2. The third kappa shape index (κ3) is 2.54. The monoisotopic (exact) mass is 231 g/mol. The molecule has 3 nitrogen and oxygen atoms in total. The van der Waals surface area contributed by atoms with Crippen LogP contribution < -0.4 is 5.11 Å². The molecular weight excluding hydrogens is 216 g/mol. The van der Waals surface area contributed by atoms with Gasteiger partial charge in [-0.15, -0.1) is 0 Å². The number of hydrogen-bond acceptors (Lipinski definition) is 3. The van der Waals surface area contributed by atoms with Crippen LogP contribution in [0.25, 0.3) is 0 Å². The van der Waals surface area contributed by atoms with Crippen LogP contribution in [0.1, 0.15) is 36.0 Å². The van der Waals surface area contributed by atoms with Gasteiger partial charge < -0.3 is 9.90 Å². The van der Waals surface area contributed by atoms with Gasteiger partial charge in [0, 0.05) is 23.4 Å². The van der Waals surface area contributed by atoms with Crippen molar-refractivity contribution in [2.24, 2.45) is 11.8 Å². The van der Waals surface area contributed by atoms with Crippen molar-refractivity contribution >= 4 is 11.8 Å². The Hall–Kier alpha value is -1.64. The summed E-state index contributed by atoms with van der Waals surface area (Å²) >= 11 is 0. The fraction of sp³-hybridized carbons (Fsp3) is 0.429. The molecule has 1 aromatic carbocycles. The normalized spacial score (nSPS) is 24.2. The Morgan fingerprint density at radius 3 is 2.18 bits per heavy atom. The molecule has 0 radical (unpaired) electrons. The van der Waals surface area contributed by atoms with Gasteiger partial charge in [0.05, 0.1) is 0 Å². The Kier molecular flexibility index (Phi) is 3.57. The third-order valence-electron chi connectivity index (χ3n) is 3.46. The van der Waals surface area contributed by atoms with E-state index in [9.17, 15) is 14.7 Å². The summed E-state index contributed by atoms with van der Waals surface area (Å²) in [5.74, 6) is -2.16. The summed E-state index contributed by atoms with van der Waals surface area (Å²) in [5.41, 5.74) is 0.602. The average molecular weight is 231 g/mol. The Morgan fingerprint density at radius 2 is 1.59 bits per heavy atom. The Bertz CT molecular complexity index is 411. The van der Waals surface area contributed by atoms with Gasteiger partial charge in [-0.2, -0.15) is 0 Å². The fourth-order valence-corrected chi connectivity index (χ4v) is 2.54. The van der Waals surface area contributed by atoms with Crippen LogP contribution in [0.5, 0.6) is 0 Å². The van der Waals surface area contributed by atoms with Crippen molar-refractivity contribution in [1.29, 1.82) is 0 Å². The first-order valence-electron chi connectivity index (χ1n) is 6.00. The zero-order valence-corrected chi connectivity index (χ0v) is 9.59. The molecular formula is C14H15O3-. The molecule has 1 aliphatic rings. The second kappa shape index (κ2) is 5.13. The zero-order valence-electron chi connectivity index (χ0n) is 9.59. The average Bonchev–Trinajstić information content (AvgIpc) is 2.39. The molecule has 17 heavy (non-hydrogen) atoms. The van der Waals surface area contributed by atoms with E-state index in [2.05, 4.69) is 0 Å². The van der Waals surface area contributed by atoms with E-state index in [4.69, 9.17) is 0 Å². The van der Waals surface area contributed by atoms with Crippen LogP contribution in [0.2, 0.25) is 0 Å². The van der Waals surface area contributed by atoms with Crippen molar-refractivity contribution in [2.45, 2.75) is 25.7 Å². The van der Waals surface area contributed by atoms with Gasteiger partial charge in [-0.25, -0.2) is 0 Å². The lowest BCUT2D eigenvalue weighted by Crippen LogP contribution is -2.40. The van der Waals surface area contributed by atoms with Crippen LogP contribution in [0.15, 0.2) is 30.3 Å². The summed E-state index contributed by atoms with van der Waals surface area (Å²) in [4.78, 5) is 23.3. The smallest absolute Gasteiger partial charge is 0.166 e. The van der Waals surface area contributed by atoms with E-state index < -0.39 is 17.8 Å².